The van der Waals surface area contributed by atoms with E-state index >= 15 is 0 Å². The number of hydrogen-bond donors (Lipinski definition) is 1. The summed E-state index contributed by atoms with van der Waals surface area (Å²) in [6, 6.07) is 14.3. The molecule has 144 valence electrons. The van der Waals surface area contributed by atoms with Crippen LogP contribution in [0.2, 0.25) is 0 Å². The number of hydrogen-bond acceptors (Lipinski definition) is 6. The van der Waals surface area contributed by atoms with Gasteiger partial charge in [-0.25, -0.2) is 4.79 Å². The highest BCUT2D eigenvalue weighted by Gasteiger charge is 2.57. The van der Waals surface area contributed by atoms with Crippen LogP contribution in [-0.4, -0.2) is 36.4 Å². The summed E-state index contributed by atoms with van der Waals surface area (Å²) >= 11 is 1.42. The number of benzene rings is 2. The van der Waals surface area contributed by atoms with Crippen LogP contribution in [-0.2, 0) is 19.1 Å². The van der Waals surface area contributed by atoms with Gasteiger partial charge in [-0.1, -0.05) is 23.9 Å². The second-order valence-electron chi connectivity index (χ2n) is 6.43. The van der Waals surface area contributed by atoms with Gasteiger partial charge in [0.15, 0.2) is 11.5 Å². The van der Waals surface area contributed by atoms with Crippen LogP contribution in [0.5, 0.6) is 5.75 Å². The quantitative estimate of drug-likeness (QED) is 0.780. The largest absolute Gasteiger partial charge is 0.482 e. The zero-order valence-corrected chi connectivity index (χ0v) is 16.0. The summed E-state index contributed by atoms with van der Waals surface area (Å²) < 4.78 is 9.82. The molecule has 0 spiro atoms. The van der Waals surface area contributed by atoms with Gasteiger partial charge in [0.2, 0.25) is 5.91 Å². The molecule has 1 saturated heterocycles. The molecule has 0 aliphatic carbocycles. The van der Waals surface area contributed by atoms with E-state index in [-0.39, 0.29) is 18.4 Å². The molecule has 2 heterocycles. The van der Waals surface area contributed by atoms with Gasteiger partial charge in [0.25, 0.3) is 5.91 Å². The highest BCUT2D eigenvalue weighted by molar-refractivity contribution is 8.02. The number of anilines is 2. The molecule has 0 bridgehead atoms. The number of fused-ring (bicyclic) bond motifs is 3. The highest BCUT2D eigenvalue weighted by Crippen LogP contribution is 2.56. The third-order valence-corrected chi connectivity index (χ3v) is 6.20. The maximum Gasteiger partial charge on any atom is 0.343 e. The Morgan fingerprint density at radius 2 is 1.93 bits per heavy atom. The van der Waals surface area contributed by atoms with Crippen LogP contribution in [0.1, 0.15) is 12.8 Å². The number of rotatable bonds is 5. The van der Waals surface area contributed by atoms with E-state index in [9.17, 15) is 14.4 Å². The first-order chi connectivity index (χ1) is 13.5. The summed E-state index contributed by atoms with van der Waals surface area (Å²) in [4.78, 5) is 38.3. The van der Waals surface area contributed by atoms with Gasteiger partial charge in [-0.15, -0.1) is 0 Å². The number of ether oxygens (including phenoxy) is 2. The first-order valence-electron chi connectivity index (χ1n) is 8.76. The molecule has 2 amide bonds. The van der Waals surface area contributed by atoms with E-state index in [0.29, 0.717) is 24.3 Å². The Kier molecular flexibility index (Phi) is 4.72. The number of thioether (sulfide) groups is 1. The number of carbonyl (C=O) groups is 3. The van der Waals surface area contributed by atoms with Crippen molar-refractivity contribution in [1.82, 2.24) is 0 Å². The summed E-state index contributed by atoms with van der Waals surface area (Å²) in [6.45, 7) is -0.183. The zero-order valence-electron chi connectivity index (χ0n) is 15.1. The molecule has 2 aromatic rings. The minimum atomic E-state index is -0.958. The Balaban J connectivity index is 1.49. The van der Waals surface area contributed by atoms with E-state index in [1.54, 1.807) is 29.2 Å². The minimum Gasteiger partial charge on any atom is -0.482 e. The Morgan fingerprint density at radius 3 is 2.68 bits per heavy atom. The molecular formula is C20H18N2O5S. The van der Waals surface area contributed by atoms with Crippen molar-refractivity contribution in [1.29, 1.82) is 0 Å². The van der Waals surface area contributed by atoms with Crippen LogP contribution >= 0.6 is 11.8 Å². The number of para-hydroxylation sites is 1. The summed E-state index contributed by atoms with van der Waals surface area (Å²) in [6.07, 6.45) is 0.798. The summed E-state index contributed by atoms with van der Waals surface area (Å²) in [7, 11) is 1.29. The first kappa shape index (κ1) is 18.4. The van der Waals surface area contributed by atoms with Crippen molar-refractivity contribution < 1.29 is 23.9 Å². The van der Waals surface area contributed by atoms with E-state index in [1.807, 2.05) is 24.3 Å². The lowest BCUT2D eigenvalue weighted by atomic mass is 10.1. The molecule has 1 unspecified atom stereocenters. The maximum atomic E-state index is 13.2. The minimum absolute atomic E-state index is 0.0424. The average Bonchev–Trinajstić information content (AvgIpc) is 3.23. The van der Waals surface area contributed by atoms with Crippen LogP contribution in [0, 0.1) is 0 Å². The van der Waals surface area contributed by atoms with E-state index in [0.717, 1.165) is 10.6 Å². The highest BCUT2D eigenvalue weighted by atomic mass is 32.2. The van der Waals surface area contributed by atoms with Gasteiger partial charge < -0.3 is 14.8 Å². The molecule has 1 N–H and O–H groups in total. The van der Waals surface area contributed by atoms with Crippen molar-refractivity contribution in [3.63, 3.8) is 0 Å². The molecule has 0 saturated carbocycles. The third kappa shape index (κ3) is 3.09. The van der Waals surface area contributed by atoms with E-state index in [2.05, 4.69) is 10.1 Å². The topological polar surface area (TPSA) is 84.9 Å². The smallest absolute Gasteiger partial charge is 0.343 e. The molecule has 28 heavy (non-hydrogen) atoms. The van der Waals surface area contributed by atoms with Crippen molar-refractivity contribution in [2.24, 2.45) is 0 Å². The molecule has 2 aliphatic rings. The van der Waals surface area contributed by atoms with Crippen molar-refractivity contribution in [3.05, 3.63) is 48.5 Å². The predicted molar refractivity (Wildman–Crippen MR) is 104 cm³/mol. The van der Waals surface area contributed by atoms with Crippen LogP contribution in [0.15, 0.2) is 53.4 Å². The number of methoxy groups -OCH3 is 1. The maximum absolute atomic E-state index is 13.2. The predicted octanol–water partition coefficient (Wildman–Crippen LogP) is 2.81. The molecule has 4 rings (SSSR count). The van der Waals surface area contributed by atoms with Gasteiger partial charge >= 0.3 is 5.97 Å². The fraction of sp³-hybridized carbons (Fsp3) is 0.250. The summed E-state index contributed by atoms with van der Waals surface area (Å²) in [5, 5.41) is 2.90. The fourth-order valence-electron chi connectivity index (χ4n) is 3.36. The zero-order chi connectivity index (χ0) is 19.7. The molecular weight excluding hydrogens is 380 g/mol. The van der Waals surface area contributed by atoms with Crippen LogP contribution in [0.25, 0.3) is 0 Å². The number of amides is 2. The Labute approximate surface area is 166 Å². The Morgan fingerprint density at radius 1 is 1.18 bits per heavy atom. The van der Waals surface area contributed by atoms with E-state index in [4.69, 9.17) is 4.74 Å². The molecule has 7 nitrogen and oxygen atoms in total. The van der Waals surface area contributed by atoms with Crippen molar-refractivity contribution in [2.45, 2.75) is 22.6 Å². The van der Waals surface area contributed by atoms with Gasteiger partial charge in [-0.3, -0.25) is 14.5 Å². The lowest BCUT2D eigenvalue weighted by Crippen LogP contribution is -2.49. The molecule has 0 aromatic heterocycles. The summed E-state index contributed by atoms with van der Waals surface area (Å²) in [5.41, 5.74) is 1.37. The Bertz CT molecular complexity index is 946. The van der Waals surface area contributed by atoms with Gasteiger partial charge in [0.05, 0.1) is 12.8 Å². The normalized spacial score (nSPS) is 19.8. The summed E-state index contributed by atoms with van der Waals surface area (Å²) in [5.74, 6) is -0.260. The number of nitrogens with zero attached hydrogens (tertiary/aromatic N) is 1. The molecule has 0 radical (unpaired) electrons. The SMILES string of the molecule is COC(=O)COc1ccc(NC(=O)C23CCC(=O)N2c2ccccc2S3)cc1. The van der Waals surface area contributed by atoms with Crippen molar-refractivity contribution >= 4 is 40.9 Å². The van der Waals surface area contributed by atoms with Gasteiger partial charge in [-0.2, -0.15) is 0 Å². The molecule has 8 heteroatoms. The standard InChI is InChI=1S/C20H18N2O5S/c1-26-18(24)12-27-14-8-6-13(7-9-14)21-19(25)20-11-10-17(23)22(20)15-4-2-3-5-16(15)28-20/h2-9H,10-12H2,1H3,(H,21,25). The van der Waals surface area contributed by atoms with Gasteiger partial charge in [0.1, 0.15) is 5.75 Å². The monoisotopic (exact) mass is 398 g/mol. The van der Waals surface area contributed by atoms with E-state index < -0.39 is 10.8 Å². The molecule has 1 fully saturated rings. The molecule has 2 aliphatic heterocycles. The fourth-order valence-corrected chi connectivity index (χ4v) is 4.78. The third-order valence-electron chi connectivity index (χ3n) is 4.72. The Hall–Kier alpha value is -3.00. The van der Waals surface area contributed by atoms with E-state index in [1.165, 1.54) is 18.9 Å². The average molecular weight is 398 g/mol. The molecule has 2 aromatic carbocycles. The van der Waals surface area contributed by atoms with Crippen LogP contribution in [0.4, 0.5) is 11.4 Å². The van der Waals surface area contributed by atoms with Crippen molar-refractivity contribution in [2.75, 3.05) is 23.9 Å². The number of esters is 1. The lowest BCUT2D eigenvalue weighted by molar-refractivity contribution is -0.142. The van der Waals surface area contributed by atoms with Crippen LogP contribution < -0.4 is 15.0 Å². The van der Waals surface area contributed by atoms with Crippen LogP contribution in [0.3, 0.4) is 0 Å². The lowest BCUT2D eigenvalue weighted by Gasteiger charge is -2.29. The van der Waals surface area contributed by atoms with Gasteiger partial charge in [-0.05, 0) is 42.8 Å². The van der Waals surface area contributed by atoms with Gasteiger partial charge in [0, 0.05) is 17.0 Å². The first-order valence-corrected chi connectivity index (χ1v) is 9.57. The second-order valence-corrected chi connectivity index (χ2v) is 7.75. The number of nitrogens with one attached hydrogen (secondary N) is 1. The molecule has 1 atom stereocenters. The number of carbonyl (C=O) groups excluding carboxylic acids is 3. The second kappa shape index (κ2) is 7.20. The van der Waals surface area contributed by atoms with Crippen molar-refractivity contribution in [3.8, 4) is 5.75 Å².